The monoisotopic (exact) mass is 477 g/mol. The number of hydrogen-bond donors (Lipinski definition) is 3. The van der Waals surface area contributed by atoms with Crippen molar-refractivity contribution in [3.05, 3.63) is 57.3 Å². The number of anilines is 1. The summed E-state index contributed by atoms with van der Waals surface area (Å²) in [6, 6.07) is 9.45. The Morgan fingerprint density at radius 1 is 1.19 bits per heavy atom. The number of aliphatic hydroxyl groups is 2. The van der Waals surface area contributed by atoms with Crippen molar-refractivity contribution in [2.45, 2.75) is 32.6 Å². The molecule has 3 rings (SSSR count). The molecule has 1 aliphatic rings. The molecule has 2 atom stereocenters. The Hall–Kier alpha value is -2.39. The Kier molecular flexibility index (Phi) is 8.31. The van der Waals surface area contributed by atoms with Crippen LogP contribution >= 0.6 is 22.9 Å². The van der Waals surface area contributed by atoms with Crippen molar-refractivity contribution < 1.29 is 19.8 Å². The van der Waals surface area contributed by atoms with E-state index in [1.165, 1.54) is 16.2 Å². The maximum absolute atomic E-state index is 12.6. The first-order valence-electron chi connectivity index (χ1n) is 10.4. The normalized spacial score (nSPS) is 16.6. The second-order valence-electron chi connectivity index (χ2n) is 7.64. The van der Waals surface area contributed by atoms with Gasteiger partial charge in [0.2, 0.25) is 0 Å². The van der Waals surface area contributed by atoms with Crippen molar-refractivity contribution in [3.8, 4) is 0 Å². The van der Waals surface area contributed by atoms with Gasteiger partial charge in [-0.2, -0.15) is 0 Å². The van der Waals surface area contributed by atoms with E-state index >= 15 is 0 Å². The van der Waals surface area contributed by atoms with E-state index in [4.69, 9.17) is 11.6 Å². The van der Waals surface area contributed by atoms with Crippen LogP contribution in [0.25, 0.3) is 5.57 Å². The molecule has 0 radical (unpaired) electrons. The smallest absolute Gasteiger partial charge is 0.254 e. The van der Waals surface area contributed by atoms with Crippen LogP contribution in [0, 0.1) is 0 Å². The highest BCUT2D eigenvalue weighted by Crippen LogP contribution is 2.26. The molecule has 0 aliphatic carbocycles. The quantitative estimate of drug-likeness (QED) is 0.569. The zero-order valence-corrected chi connectivity index (χ0v) is 19.7. The number of piperazine rings is 1. The number of nitrogens with one attached hydrogen (secondary N) is 1. The van der Waals surface area contributed by atoms with Crippen LogP contribution in [0.15, 0.2) is 41.8 Å². The third kappa shape index (κ3) is 5.69. The molecule has 3 N–H and O–H groups in total. The van der Waals surface area contributed by atoms with Gasteiger partial charge in [-0.3, -0.25) is 9.59 Å². The number of halogens is 1. The van der Waals surface area contributed by atoms with E-state index < -0.39 is 24.0 Å². The minimum atomic E-state index is -1.83. The Bertz CT molecular complexity index is 985. The van der Waals surface area contributed by atoms with Crippen molar-refractivity contribution >= 4 is 46.0 Å². The number of para-hydroxylation sites is 1. The van der Waals surface area contributed by atoms with Crippen molar-refractivity contribution in [3.63, 3.8) is 0 Å². The number of thiophene rings is 1. The van der Waals surface area contributed by atoms with Gasteiger partial charge in [-0.05, 0) is 48.6 Å². The first-order valence-corrected chi connectivity index (χ1v) is 11.7. The van der Waals surface area contributed by atoms with Crippen molar-refractivity contribution in [2.75, 3.05) is 31.1 Å². The maximum atomic E-state index is 12.6. The highest BCUT2D eigenvalue weighted by molar-refractivity contribution is 7.10. The lowest BCUT2D eigenvalue weighted by atomic mass is 10.1. The van der Waals surface area contributed by atoms with Gasteiger partial charge in [-0.15, -0.1) is 11.3 Å². The molecule has 0 spiro atoms. The van der Waals surface area contributed by atoms with E-state index in [0.717, 1.165) is 21.7 Å². The molecule has 2 amide bonds. The predicted octanol–water partition coefficient (Wildman–Crippen LogP) is 2.51. The summed E-state index contributed by atoms with van der Waals surface area (Å²) in [5.41, 5.74) is 3.10. The first-order chi connectivity index (χ1) is 15.3. The molecule has 0 unspecified atom stereocenters. The molecule has 1 fully saturated rings. The van der Waals surface area contributed by atoms with Crippen molar-refractivity contribution in [2.24, 2.45) is 0 Å². The first kappa shape index (κ1) is 24.3. The van der Waals surface area contributed by atoms with Gasteiger partial charge in [0, 0.05) is 31.1 Å². The number of rotatable bonds is 7. The predicted molar refractivity (Wildman–Crippen MR) is 128 cm³/mol. The topological polar surface area (TPSA) is 93.1 Å². The molecule has 1 saturated heterocycles. The number of hydrogen-bond acceptors (Lipinski definition) is 6. The van der Waals surface area contributed by atoms with Gasteiger partial charge >= 0.3 is 0 Å². The average molecular weight is 478 g/mol. The summed E-state index contributed by atoms with van der Waals surface area (Å²) >= 11 is 7.73. The fourth-order valence-corrected chi connectivity index (χ4v) is 4.61. The van der Waals surface area contributed by atoms with E-state index in [-0.39, 0.29) is 6.54 Å². The molecular weight excluding hydrogens is 450 g/mol. The Labute approximate surface area is 196 Å². The van der Waals surface area contributed by atoms with Gasteiger partial charge in [-0.25, -0.2) is 0 Å². The summed E-state index contributed by atoms with van der Waals surface area (Å²) in [6.45, 7) is 5.97. The molecule has 0 bridgehead atoms. The molecule has 1 aliphatic heterocycles. The zero-order valence-electron chi connectivity index (χ0n) is 18.1. The molecule has 32 heavy (non-hydrogen) atoms. The third-order valence-electron chi connectivity index (χ3n) is 5.58. The fourth-order valence-electron chi connectivity index (χ4n) is 3.47. The lowest BCUT2D eigenvalue weighted by molar-refractivity contribution is -0.153. The van der Waals surface area contributed by atoms with E-state index in [0.29, 0.717) is 31.2 Å². The largest absolute Gasteiger partial charge is 0.380 e. The highest BCUT2D eigenvalue weighted by atomic mass is 35.5. The molecular formula is C23H28ClN3O4S. The molecule has 1 aromatic heterocycles. The molecule has 172 valence electrons. The van der Waals surface area contributed by atoms with E-state index in [1.54, 1.807) is 0 Å². The molecule has 7 nitrogen and oxygen atoms in total. The zero-order chi connectivity index (χ0) is 23.3. The number of carbonyl (C=O) groups excluding carboxylic acids is 2. The number of aliphatic hydroxyl groups excluding tert-OH is 2. The molecule has 1 aromatic carbocycles. The summed E-state index contributed by atoms with van der Waals surface area (Å²) in [6.07, 6.45) is -1.64. The Balaban J connectivity index is 1.50. The summed E-state index contributed by atoms with van der Waals surface area (Å²) in [5, 5.41) is 25.7. The Morgan fingerprint density at radius 2 is 1.88 bits per heavy atom. The average Bonchev–Trinajstić information content (AvgIpc) is 3.30. The van der Waals surface area contributed by atoms with Crippen LogP contribution in [0.4, 0.5) is 5.69 Å². The SMILES string of the molecule is C/C=C(\C)c1csc(CNC(=O)[C@H](O)[C@@H](O)C(=O)N2CCN(c3ccccc3Cl)CC2)c1. The van der Waals surface area contributed by atoms with Crippen LogP contribution < -0.4 is 10.2 Å². The minimum Gasteiger partial charge on any atom is -0.380 e. The highest BCUT2D eigenvalue weighted by Gasteiger charge is 2.34. The van der Waals surface area contributed by atoms with E-state index in [2.05, 4.69) is 10.2 Å². The third-order valence-corrected chi connectivity index (χ3v) is 6.84. The summed E-state index contributed by atoms with van der Waals surface area (Å²) in [4.78, 5) is 29.4. The lowest BCUT2D eigenvalue weighted by Crippen LogP contribution is -2.55. The van der Waals surface area contributed by atoms with Gasteiger partial charge < -0.3 is 25.3 Å². The van der Waals surface area contributed by atoms with Crippen LogP contribution in [-0.2, 0) is 16.1 Å². The van der Waals surface area contributed by atoms with Gasteiger partial charge in [0.1, 0.15) is 0 Å². The second-order valence-corrected chi connectivity index (χ2v) is 9.05. The van der Waals surface area contributed by atoms with Crippen LogP contribution in [0.2, 0.25) is 5.02 Å². The van der Waals surface area contributed by atoms with Gasteiger partial charge in [0.15, 0.2) is 12.2 Å². The van der Waals surface area contributed by atoms with Gasteiger partial charge in [0.25, 0.3) is 11.8 Å². The van der Waals surface area contributed by atoms with E-state index in [9.17, 15) is 19.8 Å². The second kappa shape index (κ2) is 11.0. The van der Waals surface area contributed by atoms with Crippen LogP contribution in [0.1, 0.15) is 24.3 Å². The number of allylic oxidation sites excluding steroid dienone is 2. The van der Waals surface area contributed by atoms with Crippen LogP contribution in [0.5, 0.6) is 0 Å². The maximum Gasteiger partial charge on any atom is 0.254 e. The summed E-state index contributed by atoms with van der Waals surface area (Å²) in [5.74, 6) is -1.44. The Morgan fingerprint density at radius 3 is 2.53 bits per heavy atom. The summed E-state index contributed by atoms with van der Waals surface area (Å²) in [7, 11) is 0. The number of carbonyl (C=O) groups is 2. The van der Waals surface area contributed by atoms with Crippen LogP contribution in [-0.4, -0.2) is 65.3 Å². The lowest BCUT2D eigenvalue weighted by Gasteiger charge is -2.37. The molecule has 2 aromatic rings. The van der Waals surface area contributed by atoms with Gasteiger partial charge in [-0.1, -0.05) is 29.8 Å². The minimum absolute atomic E-state index is 0.217. The number of amides is 2. The number of nitrogens with zero attached hydrogens (tertiary/aromatic N) is 2. The van der Waals surface area contributed by atoms with Crippen molar-refractivity contribution in [1.29, 1.82) is 0 Å². The van der Waals surface area contributed by atoms with Gasteiger partial charge in [0.05, 0.1) is 17.3 Å². The molecule has 2 heterocycles. The molecule has 0 saturated carbocycles. The standard InChI is InChI=1S/C23H28ClN3O4S/c1-3-15(2)16-12-17(32-14-16)13-25-22(30)20(28)21(29)23(31)27-10-8-26(9-11-27)19-7-5-4-6-18(19)24/h3-7,12,14,20-21,28-29H,8-11,13H2,1-2H3,(H,25,30)/b15-3+/t20-,21-/m1/s1. The molecule has 9 heteroatoms. The van der Waals surface area contributed by atoms with E-state index in [1.807, 2.05) is 55.6 Å². The fraction of sp³-hybridized carbons (Fsp3) is 0.391. The van der Waals surface area contributed by atoms with Crippen molar-refractivity contribution in [1.82, 2.24) is 10.2 Å². The number of benzene rings is 1. The van der Waals surface area contributed by atoms with Crippen LogP contribution in [0.3, 0.4) is 0 Å². The summed E-state index contributed by atoms with van der Waals surface area (Å²) < 4.78 is 0.